The molecular formula is C14H21BN2O5. The minimum absolute atomic E-state index is 0.0252. The fraction of sp³-hybridized carbons (Fsp3) is 0.571. The molecular weight excluding hydrogens is 287 g/mol. The van der Waals surface area contributed by atoms with Gasteiger partial charge in [-0.2, -0.15) is 0 Å². The second-order valence-corrected chi connectivity index (χ2v) is 5.85. The van der Waals surface area contributed by atoms with E-state index in [2.05, 4.69) is 24.1 Å². The molecule has 1 aliphatic rings. The van der Waals surface area contributed by atoms with Gasteiger partial charge in [0.2, 0.25) is 0 Å². The number of hydrogen-bond donors (Lipinski definition) is 1. The highest BCUT2D eigenvalue weighted by Crippen LogP contribution is 2.21. The van der Waals surface area contributed by atoms with Crippen molar-refractivity contribution in [2.75, 3.05) is 38.9 Å². The molecule has 2 heterocycles. The highest BCUT2D eigenvalue weighted by molar-refractivity contribution is 6.61. The fourth-order valence-electron chi connectivity index (χ4n) is 1.86. The van der Waals surface area contributed by atoms with Gasteiger partial charge in [0, 0.05) is 37.4 Å². The number of carbonyl (C=O) groups excluding carboxylic acids is 1. The molecule has 0 bridgehead atoms. The minimum atomic E-state index is -0.566. The first-order chi connectivity index (χ1) is 10.5. The summed E-state index contributed by atoms with van der Waals surface area (Å²) in [6.07, 6.45) is 1.05. The summed E-state index contributed by atoms with van der Waals surface area (Å²) in [5, 5.41) is 2.53. The predicted molar refractivity (Wildman–Crippen MR) is 82.2 cm³/mol. The van der Waals surface area contributed by atoms with E-state index < -0.39 is 13.2 Å². The molecule has 1 amide bonds. The van der Waals surface area contributed by atoms with E-state index in [1.807, 2.05) is 0 Å². The number of ether oxygens (including phenoxy) is 2. The number of amides is 1. The van der Waals surface area contributed by atoms with Crippen LogP contribution in [0, 0.1) is 5.41 Å². The van der Waals surface area contributed by atoms with Gasteiger partial charge in [0.25, 0.3) is 0 Å². The largest absolute Gasteiger partial charge is 0.495 e. The van der Waals surface area contributed by atoms with E-state index in [-0.39, 0.29) is 12.0 Å². The smallest absolute Gasteiger partial charge is 0.447 e. The van der Waals surface area contributed by atoms with E-state index in [1.165, 1.54) is 7.11 Å². The van der Waals surface area contributed by atoms with Crippen molar-refractivity contribution in [2.45, 2.75) is 13.8 Å². The van der Waals surface area contributed by atoms with E-state index in [1.54, 1.807) is 18.3 Å². The first kappa shape index (κ1) is 16.7. The molecule has 0 aromatic carbocycles. The summed E-state index contributed by atoms with van der Waals surface area (Å²) in [6.45, 7) is 5.98. The quantitative estimate of drug-likeness (QED) is 0.647. The van der Waals surface area contributed by atoms with Crippen LogP contribution in [-0.4, -0.2) is 51.7 Å². The monoisotopic (exact) mass is 308 g/mol. The van der Waals surface area contributed by atoms with Gasteiger partial charge < -0.3 is 18.8 Å². The molecule has 120 valence electrons. The first-order valence-corrected chi connectivity index (χ1v) is 7.12. The van der Waals surface area contributed by atoms with Gasteiger partial charge in [-0.05, 0) is 6.07 Å². The Hall–Kier alpha value is -1.64. The maximum atomic E-state index is 11.5. The van der Waals surface area contributed by atoms with E-state index in [9.17, 15) is 4.79 Å². The lowest BCUT2D eigenvalue weighted by atomic mass is 9.77. The van der Waals surface area contributed by atoms with Gasteiger partial charge in [-0.25, -0.2) is 9.78 Å². The lowest BCUT2D eigenvalue weighted by molar-refractivity contribution is 0.0343. The molecule has 1 aliphatic heterocycles. The Morgan fingerprint density at radius 3 is 2.68 bits per heavy atom. The van der Waals surface area contributed by atoms with Gasteiger partial charge in [0.1, 0.15) is 12.4 Å². The summed E-state index contributed by atoms with van der Waals surface area (Å²) in [7, 11) is 1.13. The molecule has 0 aliphatic carbocycles. The second kappa shape index (κ2) is 7.57. The van der Waals surface area contributed by atoms with Crippen LogP contribution in [0.25, 0.3) is 0 Å². The number of nitrogens with zero attached hydrogens (tertiary/aromatic N) is 1. The number of anilines is 1. The summed E-state index contributed by atoms with van der Waals surface area (Å²) in [6, 6.07) is 3.49. The highest BCUT2D eigenvalue weighted by Gasteiger charge is 2.33. The number of rotatable bonds is 5. The Bertz CT molecular complexity index is 485. The Morgan fingerprint density at radius 2 is 2.09 bits per heavy atom. The summed E-state index contributed by atoms with van der Waals surface area (Å²) in [4.78, 5) is 15.6. The number of carbonyl (C=O) groups is 1. The van der Waals surface area contributed by atoms with Crippen LogP contribution in [0.15, 0.2) is 18.3 Å². The van der Waals surface area contributed by atoms with Crippen molar-refractivity contribution in [2.24, 2.45) is 5.41 Å². The first-order valence-electron chi connectivity index (χ1n) is 7.12. The van der Waals surface area contributed by atoms with Crippen molar-refractivity contribution < 1.29 is 23.6 Å². The normalized spacial score (nSPS) is 17.1. The summed E-state index contributed by atoms with van der Waals surface area (Å²) in [5.74, 6) is 0.405. The predicted octanol–water partition coefficient (Wildman–Crippen LogP) is 1.04. The highest BCUT2D eigenvalue weighted by atomic mass is 16.6. The Balaban J connectivity index is 1.84. The maximum Gasteiger partial charge on any atom is 0.495 e. The fourth-order valence-corrected chi connectivity index (χ4v) is 1.86. The lowest BCUT2D eigenvalue weighted by Crippen LogP contribution is -2.47. The molecule has 1 saturated heterocycles. The molecule has 0 spiro atoms. The van der Waals surface area contributed by atoms with E-state index >= 15 is 0 Å². The molecule has 0 radical (unpaired) electrons. The van der Waals surface area contributed by atoms with Crippen molar-refractivity contribution in [3.8, 4) is 0 Å². The minimum Gasteiger partial charge on any atom is -0.447 e. The van der Waals surface area contributed by atoms with Crippen molar-refractivity contribution in [1.29, 1.82) is 0 Å². The molecule has 0 saturated carbocycles. The third-order valence-corrected chi connectivity index (χ3v) is 3.06. The number of pyridine rings is 1. The molecule has 1 aromatic rings. The molecule has 1 N–H and O–H groups in total. The summed E-state index contributed by atoms with van der Waals surface area (Å²) >= 11 is 0. The molecule has 1 aromatic heterocycles. The Morgan fingerprint density at radius 1 is 1.36 bits per heavy atom. The van der Waals surface area contributed by atoms with E-state index in [0.717, 1.165) is 5.46 Å². The Labute approximate surface area is 130 Å². The van der Waals surface area contributed by atoms with Crippen LogP contribution in [0.1, 0.15) is 13.8 Å². The van der Waals surface area contributed by atoms with Crippen LogP contribution in [0.3, 0.4) is 0 Å². The van der Waals surface area contributed by atoms with Gasteiger partial charge in [-0.3, -0.25) is 5.32 Å². The third kappa shape index (κ3) is 4.97. The molecule has 8 heteroatoms. The summed E-state index contributed by atoms with van der Waals surface area (Å²) < 4.78 is 21.0. The van der Waals surface area contributed by atoms with Gasteiger partial charge in [-0.15, -0.1) is 0 Å². The van der Waals surface area contributed by atoms with Crippen LogP contribution >= 0.6 is 0 Å². The lowest BCUT2D eigenvalue weighted by Gasteiger charge is -2.33. The van der Waals surface area contributed by atoms with Gasteiger partial charge >= 0.3 is 13.2 Å². The van der Waals surface area contributed by atoms with Crippen LogP contribution in [0.4, 0.5) is 10.6 Å². The van der Waals surface area contributed by atoms with Crippen molar-refractivity contribution in [3.05, 3.63) is 18.3 Å². The molecule has 0 atom stereocenters. The van der Waals surface area contributed by atoms with E-state index in [4.69, 9.17) is 18.8 Å². The summed E-state index contributed by atoms with van der Waals surface area (Å²) in [5.41, 5.74) is 0.839. The van der Waals surface area contributed by atoms with Crippen molar-refractivity contribution in [3.63, 3.8) is 0 Å². The topological polar surface area (TPSA) is 78.9 Å². The Kier molecular flexibility index (Phi) is 5.76. The van der Waals surface area contributed by atoms with Gasteiger partial charge in [0.05, 0.1) is 6.61 Å². The average Bonchev–Trinajstić information content (AvgIpc) is 2.48. The third-order valence-electron chi connectivity index (χ3n) is 3.06. The second-order valence-electron chi connectivity index (χ2n) is 5.85. The number of nitrogens with one attached hydrogen (secondary N) is 1. The molecule has 7 nitrogen and oxygen atoms in total. The van der Waals surface area contributed by atoms with Crippen LogP contribution in [0.2, 0.25) is 0 Å². The molecule has 1 fully saturated rings. The standard InChI is InChI=1S/C14H21BN2O5/c1-14(2)9-21-15(22-10-14)11-4-5-12(16-8-11)17-13(18)20-7-6-19-3/h4-5,8H,6-7,9-10H2,1-3H3,(H,16,17,18). The van der Waals surface area contributed by atoms with Crippen LogP contribution < -0.4 is 10.8 Å². The number of methoxy groups -OCH3 is 1. The van der Waals surface area contributed by atoms with Crippen molar-refractivity contribution in [1.82, 2.24) is 4.98 Å². The average molecular weight is 308 g/mol. The van der Waals surface area contributed by atoms with E-state index in [0.29, 0.717) is 25.6 Å². The molecule has 2 rings (SSSR count). The zero-order valence-corrected chi connectivity index (χ0v) is 13.1. The van der Waals surface area contributed by atoms with Crippen molar-refractivity contribution >= 4 is 24.5 Å². The number of aromatic nitrogens is 1. The number of hydrogen-bond acceptors (Lipinski definition) is 6. The van der Waals surface area contributed by atoms with Gasteiger partial charge in [-0.1, -0.05) is 19.9 Å². The van der Waals surface area contributed by atoms with Crippen LogP contribution in [0.5, 0.6) is 0 Å². The molecule has 0 unspecified atom stereocenters. The zero-order chi connectivity index (χ0) is 16.0. The molecule has 22 heavy (non-hydrogen) atoms. The zero-order valence-electron chi connectivity index (χ0n) is 13.1. The SMILES string of the molecule is COCCOC(=O)Nc1ccc(B2OCC(C)(C)CO2)cn1. The maximum absolute atomic E-state index is 11.5. The van der Waals surface area contributed by atoms with Crippen LogP contribution in [-0.2, 0) is 18.8 Å². The van der Waals surface area contributed by atoms with Gasteiger partial charge in [0.15, 0.2) is 0 Å².